The molecule has 0 aliphatic heterocycles. The van der Waals surface area contributed by atoms with Crippen molar-refractivity contribution in [2.24, 2.45) is 0 Å². The van der Waals surface area contributed by atoms with Crippen LogP contribution in [0.2, 0.25) is 0 Å². The first kappa shape index (κ1) is 20.5. The molecule has 2 amide bonds. The number of carbonyl (C=O) groups excluding carboxylic acids is 2. The van der Waals surface area contributed by atoms with Crippen LogP contribution in [0.1, 0.15) is 13.8 Å². The van der Waals surface area contributed by atoms with E-state index in [2.05, 4.69) is 26.2 Å². The van der Waals surface area contributed by atoms with E-state index in [9.17, 15) is 9.59 Å². The summed E-state index contributed by atoms with van der Waals surface area (Å²) < 4.78 is 1.54. The van der Waals surface area contributed by atoms with E-state index in [1.165, 1.54) is 23.4 Å². The number of aromatic nitrogens is 4. The Labute approximate surface area is 183 Å². The fourth-order valence-corrected chi connectivity index (χ4v) is 3.92. The Morgan fingerprint density at radius 3 is 2.61 bits per heavy atom. The normalized spacial score (nSPS) is 11.8. The number of benzene rings is 3. The van der Waals surface area contributed by atoms with Crippen LogP contribution in [-0.2, 0) is 9.59 Å². The smallest absolute Gasteiger partial charge is 0.237 e. The van der Waals surface area contributed by atoms with Crippen LogP contribution in [-0.4, -0.2) is 37.3 Å². The second-order valence-electron chi connectivity index (χ2n) is 6.88. The second-order valence-corrected chi connectivity index (χ2v) is 8.19. The van der Waals surface area contributed by atoms with Crippen LogP contribution in [0.15, 0.2) is 71.9 Å². The summed E-state index contributed by atoms with van der Waals surface area (Å²) in [6, 6.07) is 20.9. The minimum atomic E-state index is -0.442. The lowest BCUT2D eigenvalue weighted by molar-refractivity contribution is -0.115. The number of tetrazole rings is 1. The molecule has 0 aliphatic rings. The minimum absolute atomic E-state index is 0.150. The van der Waals surface area contributed by atoms with Crippen molar-refractivity contribution in [3.05, 3.63) is 66.7 Å². The van der Waals surface area contributed by atoms with Crippen molar-refractivity contribution in [3.63, 3.8) is 0 Å². The van der Waals surface area contributed by atoms with Crippen LogP contribution in [0.25, 0.3) is 16.5 Å². The number of hydrogen-bond acceptors (Lipinski definition) is 6. The first-order valence-corrected chi connectivity index (χ1v) is 10.5. The molecule has 8 nitrogen and oxygen atoms in total. The Hall–Kier alpha value is -3.72. The van der Waals surface area contributed by atoms with Gasteiger partial charge in [0.1, 0.15) is 0 Å². The molecular formula is C22H20N6O2S. The predicted octanol–water partition coefficient (Wildman–Crippen LogP) is 3.89. The van der Waals surface area contributed by atoms with Gasteiger partial charge in [-0.25, -0.2) is 0 Å². The summed E-state index contributed by atoms with van der Waals surface area (Å²) in [5.74, 6) is -0.315. The van der Waals surface area contributed by atoms with Crippen molar-refractivity contribution in [3.8, 4) is 5.69 Å². The molecular weight excluding hydrogens is 412 g/mol. The lowest BCUT2D eigenvalue weighted by Gasteiger charge is -2.13. The van der Waals surface area contributed by atoms with Gasteiger partial charge in [-0.15, -0.1) is 5.10 Å². The quantitative estimate of drug-likeness (QED) is 0.448. The highest BCUT2D eigenvalue weighted by molar-refractivity contribution is 8.00. The number of rotatable bonds is 6. The van der Waals surface area contributed by atoms with E-state index < -0.39 is 5.25 Å². The Kier molecular flexibility index (Phi) is 5.94. The van der Waals surface area contributed by atoms with Crippen molar-refractivity contribution in [1.29, 1.82) is 0 Å². The molecule has 0 fully saturated rings. The number of anilines is 2. The molecule has 9 heteroatoms. The van der Waals surface area contributed by atoms with Crippen LogP contribution in [0.5, 0.6) is 0 Å². The lowest BCUT2D eigenvalue weighted by Crippen LogP contribution is -2.23. The van der Waals surface area contributed by atoms with Gasteiger partial charge in [0.25, 0.3) is 0 Å². The number of carbonyl (C=O) groups is 2. The van der Waals surface area contributed by atoms with Gasteiger partial charge in [0.15, 0.2) is 0 Å². The summed E-state index contributed by atoms with van der Waals surface area (Å²) in [6.07, 6.45) is 0. The number of nitrogens with zero attached hydrogens (tertiary/aromatic N) is 4. The first-order valence-electron chi connectivity index (χ1n) is 9.63. The van der Waals surface area contributed by atoms with Crippen LogP contribution >= 0.6 is 11.8 Å². The highest BCUT2D eigenvalue weighted by Gasteiger charge is 2.20. The molecule has 0 saturated carbocycles. The van der Waals surface area contributed by atoms with Crippen LogP contribution < -0.4 is 10.6 Å². The number of fused-ring (bicyclic) bond motifs is 1. The van der Waals surface area contributed by atoms with E-state index in [1.54, 1.807) is 25.1 Å². The van der Waals surface area contributed by atoms with Gasteiger partial charge in [-0.2, -0.15) is 4.68 Å². The third kappa shape index (κ3) is 4.72. The third-order valence-electron chi connectivity index (χ3n) is 4.55. The lowest BCUT2D eigenvalue weighted by atomic mass is 10.1. The molecule has 0 bridgehead atoms. The Balaban J connectivity index is 1.51. The number of thioether (sulfide) groups is 1. The predicted molar refractivity (Wildman–Crippen MR) is 121 cm³/mol. The van der Waals surface area contributed by atoms with Gasteiger partial charge >= 0.3 is 0 Å². The molecule has 2 N–H and O–H groups in total. The molecule has 1 atom stereocenters. The highest BCUT2D eigenvalue weighted by Crippen LogP contribution is 2.27. The van der Waals surface area contributed by atoms with Gasteiger partial charge in [-0.3, -0.25) is 9.59 Å². The topological polar surface area (TPSA) is 102 Å². The SMILES string of the molecule is CC(=O)Nc1cccc(-n2nnnc2SC(C)C(=O)Nc2cccc3ccccc23)c1. The standard InChI is InChI=1S/C22H20N6O2S/c1-14(21(30)24-20-12-5-8-16-7-3-4-11-19(16)20)31-22-25-26-27-28(22)18-10-6-9-17(13-18)23-15(2)29/h3-14H,1-2H3,(H,23,29)(H,24,30). The zero-order valence-electron chi connectivity index (χ0n) is 16.9. The molecule has 1 unspecified atom stereocenters. The molecule has 0 aliphatic carbocycles. The number of nitrogens with one attached hydrogen (secondary N) is 2. The largest absolute Gasteiger partial charge is 0.326 e. The minimum Gasteiger partial charge on any atom is -0.326 e. The Morgan fingerprint density at radius 1 is 1.00 bits per heavy atom. The summed E-state index contributed by atoms with van der Waals surface area (Å²) in [5, 5.41) is 19.7. The zero-order chi connectivity index (χ0) is 21.8. The summed E-state index contributed by atoms with van der Waals surface area (Å²) in [6.45, 7) is 3.25. The molecule has 4 aromatic rings. The molecule has 1 heterocycles. The molecule has 156 valence electrons. The van der Waals surface area contributed by atoms with E-state index >= 15 is 0 Å². The Bertz CT molecular complexity index is 1250. The fraction of sp³-hybridized carbons (Fsp3) is 0.136. The van der Waals surface area contributed by atoms with Gasteiger partial charge in [0.2, 0.25) is 17.0 Å². The molecule has 1 aromatic heterocycles. The maximum Gasteiger partial charge on any atom is 0.237 e. The van der Waals surface area contributed by atoms with Crippen molar-refractivity contribution < 1.29 is 9.59 Å². The van der Waals surface area contributed by atoms with Gasteiger partial charge in [-0.1, -0.05) is 54.2 Å². The maximum atomic E-state index is 12.8. The zero-order valence-corrected chi connectivity index (χ0v) is 17.8. The molecule has 31 heavy (non-hydrogen) atoms. The van der Waals surface area contributed by atoms with Crippen molar-refractivity contribution >= 4 is 45.7 Å². The highest BCUT2D eigenvalue weighted by atomic mass is 32.2. The van der Waals surface area contributed by atoms with Crippen molar-refractivity contribution in [2.75, 3.05) is 10.6 Å². The Morgan fingerprint density at radius 2 is 1.77 bits per heavy atom. The van der Waals surface area contributed by atoms with Crippen molar-refractivity contribution in [1.82, 2.24) is 20.2 Å². The molecule has 3 aromatic carbocycles. The van der Waals surface area contributed by atoms with E-state index in [-0.39, 0.29) is 11.8 Å². The summed E-state index contributed by atoms with van der Waals surface area (Å²) in [5.41, 5.74) is 2.08. The monoisotopic (exact) mass is 432 g/mol. The molecule has 0 radical (unpaired) electrons. The summed E-state index contributed by atoms with van der Waals surface area (Å²) >= 11 is 1.25. The number of amides is 2. The van der Waals surface area contributed by atoms with Crippen LogP contribution in [0, 0.1) is 0 Å². The van der Waals surface area contributed by atoms with E-state index in [1.807, 2.05) is 48.5 Å². The van der Waals surface area contributed by atoms with Crippen molar-refractivity contribution in [2.45, 2.75) is 24.3 Å². The van der Waals surface area contributed by atoms with Gasteiger partial charge < -0.3 is 10.6 Å². The second kappa shape index (κ2) is 8.97. The molecule has 0 spiro atoms. The average Bonchev–Trinajstić information content (AvgIpc) is 3.22. The third-order valence-corrected chi connectivity index (χ3v) is 5.58. The van der Waals surface area contributed by atoms with Gasteiger partial charge in [0, 0.05) is 23.7 Å². The average molecular weight is 433 g/mol. The first-order chi connectivity index (χ1) is 15.0. The molecule has 4 rings (SSSR count). The van der Waals surface area contributed by atoms with Gasteiger partial charge in [-0.05, 0) is 47.0 Å². The molecule has 0 saturated heterocycles. The summed E-state index contributed by atoms with van der Waals surface area (Å²) in [4.78, 5) is 24.2. The fourth-order valence-electron chi connectivity index (χ4n) is 3.11. The van der Waals surface area contributed by atoms with E-state index in [0.29, 0.717) is 16.5 Å². The van der Waals surface area contributed by atoms with Crippen LogP contribution in [0.3, 0.4) is 0 Å². The maximum absolute atomic E-state index is 12.8. The summed E-state index contributed by atoms with van der Waals surface area (Å²) in [7, 11) is 0. The van der Waals surface area contributed by atoms with E-state index in [4.69, 9.17) is 0 Å². The van der Waals surface area contributed by atoms with Crippen LogP contribution in [0.4, 0.5) is 11.4 Å². The van der Waals surface area contributed by atoms with Gasteiger partial charge in [0.05, 0.1) is 10.9 Å². The number of hydrogen-bond donors (Lipinski definition) is 2. The van der Waals surface area contributed by atoms with E-state index in [0.717, 1.165) is 16.5 Å².